The van der Waals surface area contributed by atoms with Crippen molar-refractivity contribution in [3.63, 3.8) is 0 Å². The van der Waals surface area contributed by atoms with Crippen LogP contribution in [0.4, 0.5) is 0 Å². The first-order valence-electron chi connectivity index (χ1n) is 6.59. The van der Waals surface area contributed by atoms with Gasteiger partial charge in [-0.3, -0.25) is 0 Å². The van der Waals surface area contributed by atoms with Crippen LogP contribution in [0.5, 0.6) is 5.75 Å². The number of nitrogens with zero attached hydrogens (tertiary/aromatic N) is 4. The number of aromatic nitrogens is 4. The van der Waals surface area contributed by atoms with Crippen LogP contribution in [0.2, 0.25) is 0 Å². The topological polar surface area (TPSA) is 52.3 Å². The summed E-state index contributed by atoms with van der Waals surface area (Å²) in [5, 5.41) is 4.60. The van der Waals surface area contributed by atoms with Crippen molar-refractivity contribution >= 4 is 5.65 Å². The van der Waals surface area contributed by atoms with Crippen LogP contribution < -0.4 is 4.74 Å². The maximum absolute atomic E-state index is 5.17. The average molecular weight is 268 g/mol. The van der Waals surface area contributed by atoms with Crippen molar-refractivity contribution in [1.82, 2.24) is 19.6 Å². The molecule has 0 amide bonds. The maximum atomic E-state index is 5.17. The van der Waals surface area contributed by atoms with Crippen molar-refractivity contribution in [2.24, 2.45) is 0 Å². The smallest absolute Gasteiger partial charge is 0.159 e. The Morgan fingerprint density at radius 1 is 1.15 bits per heavy atom. The molecule has 0 saturated carbocycles. The van der Waals surface area contributed by atoms with Crippen LogP contribution in [0.15, 0.2) is 30.3 Å². The van der Waals surface area contributed by atoms with E-state index in [1.54, 1.807) is 7.11 Å². The van der Waals surface area contributed by atoms with Crippen LogP contribution in [-0.4, -0.2) is 26.7 Å². The van der Waals surface area contributed by atoms with E-state index in [1.807, 2.05) is 41.8 Å². The molecule has 0 radical (unpaired) electrons. The van der Waals surface area contributed by atoms with E-state index in [0.717, 1.165) is 40.7 Å². The highest BCUT2D eigenvalue weighted by molar-refractivity contribution is 5.64. The zero-order valence-corrected chi connectivity index (χ0v) is 11.8. The molecule has 0 fully saturated rings. The molecule has 5 nitrogen and oxygen atoms in total. The second kappa shape index (κ2) is 4.92. The molecule has 0 N–H and O–H groups in total. The molecule has 5 heteroatoms. The number of hydrogen-bond donors (Lipinski definition) is 0. The van der Waals surface area contributed by atoms with Gasteiger partial charge in [-0.25, -0.2) is 14.5 Å². The number of rotatable bonds is 3. The Balaban J connectivity index is 2.12. The van der Waals surface area contributed by atoms with Gasteiger partial charge in [-0.05, 0) is 31.2 Å². The summed E-state index contributed by atoms with van der Waals surface area (Å²) in [5.74, 6) is 2.53. The molecule has 0 aliphatic rings. The van der Waals surface area contributed by atoms with Crippen LogP contribution in [0, 0.1) is 6.92 Å². The summed E-state index contributed by atoms with van der Waals surface area (Å²) in [6, 6.07) is 9.82. The van der Waals surface area contributed by atoms with Gasteiger partial charge in [-0.1, -0.05) is 6.92 Å². The van der Waals surface area contributed by atoms with Crippen molar-refractivity contribution < 1.29 is 4.74 Å². The van der Waals surface area contributed by atoms with Crippen molar-refractivity contribution in [2.45, 2.75) is 20.3 Å². The first-order valence-corrected chi connectivity index (χ1v) is 6.59. The molecule has 0 aliphatic carbocycles. The van der Waals surface area contributed by atoms with E-state index in [-0.39, 0.29) is 0 Å². The summed E-state index contributed by atoms with van der Waals surface area (Å²) in [6.45, 7) is 3.97. The SMILES string of the molecule is CCc1nc(C)nc2cc(-c3ccc(OC)cc3)nn12. The Kier molecular flexibility index (Phi) is 3.10. The van der Waals surface area contributed by atoms with Gasteiger partial charge in [-0.15, -0.1) is 0 Å². The highest BCUT2D eigenvalue weighted by atomic mass is 16.5. The van der Waals surface area contributed by atoms with Crippen LogP contribution in [0.1, 0.15) is 18.6 Å². The molecule has 0 unspecified atom stereocenters. The van der Waals surface area contributed by atoms with Crippen LogP contribution in [0.25, 0.3) is 16.9 Å². The summed E-state index contributed by atoms with van der Waals surface area (Å²) >= 11 is 0. The number of benzene rings is 1. The Morgan fingerprint density at radius 3 is 2.55 bits per heavy atom. The summed E-state index contributed by atoms with van der Waals surface area (Å²) in [4.78, 5) is 8.85. The predicted molar refractivity (Wildman–Crippen MR) is 76.9 cm³/mol. The number of fused-ring (bicyclic) bond motifs is 1. The largest absolute Gasteiger partial charge is 0.497 e. The quantitative estimate of drug-likeness (QED) is 0.733. The molecule has 3 aromatic rings. The molecular formula is C15H16N4O. The van der Waals surface area contributed by atoms with E-state index in [0.29, 0.717) is 0 Å². The molecule has 1 aromatic carbocycles. The minimum atomic E-state index is 0.774. The summed E-state index contributed by atoms with van der Waals surface area (Å²) in [7, 11) is 1.66. The highest BCUT2D eigenvalue weighted by Crippen LogP contribution is 2.22. The lowest BCUT2D eigenvalue weighted by molar-refractivity contribution is 0.415. The molecular weight excluding hydrogens is 252 g/mol. The predicted octanol–water partition coefficient (Wildman–Crippen LogP) is 2.67. The Morgan fingerprint density at radius 2 is 1.90 bits per heavy atom. The van der Waals surface area contributed by atoms with Gasteiger partial charge in [0.1, 0.15) is 17.4 Å². The van der Waals surface area contributed by atoms with E-state index < -0.39 is 0 Å². The minimum Gasteiger partial charge on any atom is -0.497 e. The standard InChI is InChI=1S/C15H16N4O/c1-4-14-16-10(2)17-15-9-13(18-19(14)15)11-5-7-12(20-3)8-6-11/h5-9H,4H2,1-3H3. The molecule has 0 aliphatic heterocycles. The molecule has 3 rings (SSSR count). The molecule has 0 spiro atoms. The molecule has 20 heavy (non-hydrogen) atoms. The fourth-order valence-corrected chi connectivity index (χ4v) is 2.20. The molecule has 0 bridgehead atoms. The van der Waals surface area contributed by atoms with Gasteiger partial charge in [0.15, 0.2) is 5.65 Å². The third kappa shape index (κ3) is 2.11. The first-order chi connectivity index (χ1) is 9.71. The van der Waals surface area contributed by atoms with Gasteiger partial charge in [-0.2, -0.15) is 5.10 Å². The second-order valence-corrected chi connectivity index (χ2v) is 4.57. The van der Waals surface area contributed by atoms with Crippen molar-refractivity contribution in [3.8, 4) is 17.0 Å². The van der Waals surface area contributed by atoms with E-state index in [9.17, 15) is 0 Å². The third-order valence-electron chi connectivity index (χ3n) is 3.20. The molecule has 2 aromatic heterocycles. The number of hydrogen-bond acceptors (Lipinski definition) is 4. The van der Waals surface area contributed by atoms with Crippen molar-refractivity contribution in [2.75, 3.05) is 7.11 Å². The maximum Gasteiger partial charge on any atom is 0.159 e. The van der Waals surface area contributed by atoms with E-state index >= 15 is 0 Å². The molecule has 0 saturated heterocycles. The fourth-order valence-electron chi connectivity index (χ4n) is 2.20. The summed E-state index contributed by atoms with van der Waals surface area (Å²) in [5.41, 5.74) is 2.76. The first kappa shape index (κ1) is 12.6. The molecule has 2 heterocycles. The van der Waals surface area contributed by atoms with Gasteiger partial charge in [0.2, 0.25) is 0 Å². The summed E-state index contributed by atoms with van der Waals surface area (Å²) in [6.07, 6.45) is 0.823. The second-order valence-electron chi connectivity index (χ2n) is 4.57. The van der Waals surface area contributed by atoms with E-state index in [4.69, 9.17) is 4.74 Å². The Bertz CT molecular complexity index is 746. The average Bonchev–Trinajstić information content (AvgIpc) is 2.90. The Hall–Kier alpha value is -2.43. The lowest BCUT2D eigenvalue weighted by Crippen LogP contribution is -2.04. The van der Waals surface area contributed by atoms with E-state index in [2.05, 4.69) is 22.0 Å². The molecule has 102 valence electrons. The minimum absolute atomic E-state index is 0.774. The normalized spacial score (nSPS) is 10.9. The third-order valence-corrected chi connectivity index (χ3v) is 3.20. The lowest BCUT2D eigenvalue weighted by Gasteiger charge is -2.01. The van der Waals surface area contributed by atoms with Crippen LogP contribution in [0.3, 0.4) is 0 Å². The van der Waals surface area contributed by atoms with Gasteiger partial charge in [0, 0.05) is 18.1 Å². The van der Waals surface area contributed by atoms with Gasteiger partial charge < -0.3 is 4.74 Å². The zero-order chi connectivity index (χ0) is 14.1. The highest BCUT2D eigenvalue weighted by Gasteiger charge is 2.09. The van der Waals surface area contributed by atoms with Crippen LogP contribution >= 0.6 is 0 Å². The Labute approximate surface area is 117 Å². The summed E-state index contributed by atoms with van der Waals surface area (Å²) < 4.78 is 6.98. The molecule has 0 atom stereocenters. The van der Waals surface area contributed by atoms with Crippen molar-refractivity contribution in [3.05, 3.63) is 42.0 Å². The van der Waals surface area contributed by atoms with Crippen LogP contribution in [-0.2, 0) is 6.42 Å². The van der Waals surface area contributed by atoms with E-state index in [1.165, 1.54) is 0 Å². The van der Waals surface area contributed by atoms with Crippen molar-refractivity contribution in [1.29, 1.82) is 0 Å². The van der Waals surface area contributed by atoms with Gasteiger partial charge in [0.05, 0.1) is 12.8 Å². The number of methoxy groups -OCH3 is 1. The monoisotopic (exact) mass is 268 g/mol. The zero-order valence-electron chi connectivity index (χ0n) is 11.8. The van der Waals surface area contributed by atoms with Gasteiger partial charge >= 0.3 is 0 Å². The lowest BCUT2D eigenvalue weighted by atomic mass is 10.1. The number of ether oxygens (including phenoxy) is 1. The fraction of sp³-hybridized carbons (Fsp3) is 0.267. The number of aryl methyl sites for hydroxylation is 2. The van der Waals surface area contributed by atoms with Gasteiger partial charge in [0.25, 0.3) is 0 Å².